The van der Waals surface area contributed by atoms with Crippen LogP contribution in [0.5, 0.6) is 0 Å². The maximum atomic E-state index is 12.3. The number of nitrogens with two attached hydrogens (primary N) is 1. The van der Waals surface area contributed by atoms with E-state index < -0.39 is 11.7 Å². The van der Waals surface area contributed by atoms with Crippen LogP contribution in [0.15, 0.2) is 54.7 Å². The summed E-state index contributed by atoms with van der Waals surface area (Å²) in [5, 5.41) is 10.9. The number of aromatic nitrogens is 3. The standard InChI is InChI=1S/C29H34N6O3/c1-29(2,3)38-28(36)32-25-18-21(8-10-31-25)22-16-23(26-24(17-22)27(30)34-33-26)20-6-4-19(5-7-20)9-11-35-12-14-37-15-13-35/h4-8,10,16-18H,9,11-15H2,1-3H3,(H3,30,33,34)(H,31,32,36). The highest BCUT2D eigenvalue weighted by molar-refractivity contribution is 6.02. The Labute approximate surface area is 222 Å². The molecule has 5 rings (SSSR count). The summed E-state index contributed by atoms with van der Waals surface area (Å²) in [4.78, 5) is 19.0. The number of benzene rings is 2. The van der Waals surface area contributed by atoms with Gasteiger partial charge in [-0.25, -0.2) is 9.78 Å². The first-order valence-electron chi connectivity index (χ1n) is 12.9. The molecule has 1 saturated heterocycles. The van der Waals surface area contributed by atoms with E-state index in [1.54, 1.807) is 6.20 Å². The molecule has 0 spiro atoms. The molecule has 4 aromatic rings. The van der Waals surface area contributed by atoms with Gasteiger partial charge < -0.3 is 15.2 Å². The number of morpholine rings is 1. The third kappa shape index (κ3) is 6.12. The number of H-pyrrole nitrogens is 1. The second-order valence-electron chi connectivity index (χ2n) is 10.5. The molecule has 0 saturated carbocycles. The fourth-order valence-electron chi connectivity index (χ4n) is 4.58. The number of anilines is 2. The first kappa shape index (κ1) is 25.7. The van der Waals surface area contributed by atoms with Gasteiger partial charge in [0, 0.05) is 36.8 Å². The van der Waals surface area contributed by atoms with Crippen LogP contribution < -0.4 is 11.1 Å². The van der Waals surface area contributed by atoms with E-state index in [2.05, 4.69) is 55.7 Å². The van der Waals surface area contributed by atoms with Crippen molar-refractivity contribution in [2.75, 3.05) is 43.9 Å². The largest absolute Gasteiger partial charge is 0.444 e. The van der Waals surface area contributed by atoms with Crippen molar-refractivity contribution < 1.29 is 14.3 Å². The fourth-order valence-corrected chi connectivity index (χ4v) is 4.58. The van der Waals surface area contributed by atoms with Crippen LogP contribution in [-0.2, 0) is 15.9 Å². The van der Waals surface area contributed by atoms with Gasteiger partial charge in [-0.15, -0.1) is 0 Å². The van der Waals surface area contributed by atoms with Crippen molar-refractivity contribution in [3.8, 4) is 22.3 Å². The summed E-state index contributed by atoms with van der Waals surface area (Å²) in [6.07, 6.45) is 2.11. The number of hydrogen-bond donors (Lipinski definition) is 3. The van der Waals surface area contributed by atoms with Crippen molar-refractivity contribution in [1.29, 1.82) is 0 Å². The van der Waals surface area contributed by atoms with Crippen molar-refractivity contribution in [2.45, 2.75) is 32.8 Å². The van der Waals surface area contributed by atoms with E-state index in [0.717, 1.165) is 72.4 Å². The number of amides is 1. The van der Waals surface area contributed by atoms with Gasteiger partial charge in [0.2, 0.25) is 0 Å². The predicted octanol–water partition coefficient (Wildman–Crippen LogP) is 5.10. The van der Waals surface area contributed by atoms with Crippen LogP contribution in [0.1, 0.15) is 26.3 Å². The Kier molecular flexibility index (Phi) is 7.31. The minimum atomic E-state index is -0.599. The molecule has 198 valence electrons. The van der Waals surface area contributed by atoms with Crippen LogP contribution >= 0.6 is 0 Å². The van der Waals surface area contributed by atoms with E-state index in [1.807, 2.05) is 39.0 Å². The highest BCUT2D eigenvalue weighted by atomic mass is 16.6. The minimum Gasteiger partial charge on any atom is -0.444 e. The third-order valence-electron chi connectivity index (χ3n) is 6.51. The van der Waals surface area contributed by atoms with Crippen LogP contribution in [0, 0.1) is 0 Å². The molecule has 9 heteroatoms. The summed E-state index contributed by atoms with van der Waals surface area (Å²) in [6.45, 7) is 10.1. The molecule has 38 heavy (non-hydrogen) atoms. The Morgan fingerprint density at radius 1 is 1.08 bits per heavy atom. The molecule has 0 unspecified atom stereocenters. The van der Waals surface area contributed by atoms with Gasteiger partial charge in [0.15, 0.2) is 5.82 Å². The fraction of sp³-hybridized carbons (Fsp3) is 0.345. The SMILES string of the molecule is CC(C)(C)OC(=O)Nc1cc(-c2cc(-c3ccc(CCN4CCOCC4)cc3)c3[nH]nc(N)c3c2)ccn1. The normalized spacial score (nSPS) is 14.5. The second kappa shape index (κ2) is 10.8. The summed E-state index contributed by atoms with van der Waals surface area (Å²) >= 11 is 0. The van der Waals surface area contributed by atoms with E-state index in [1.165, 1.54) is 5.56 Å². The number of fused-ring (bicyclic) bond motifs is 1. The van der Waals surface area contributed by atoms with Gasteiger partial charge in [0.25, 0.3) is 0 Å². The summed E-state index contributed by atoms with van der Waals surface area (Å²) in [5.74, 6) is 0.842. The quantitative estimate of drug-likeness (QED) is 0.328. The van der Waals surface area contributed by atoms with Crippen molar-refractivity contribution in [3.05, 3.63) is 60.3 Å². The molecule has 3 heterocycles. The van der Waals surface area contributed by atoms with Crippen molar-refractivity contribution >= 4 is 28.6 Å². The number of carbonyl (C=O) groups excluding carboxylic acids is 1. The Morgan fingerprint density at radius 2 is 1.84 bits per heavy atom. The number of nitrogen functional groups attached to an aromatic ring is 1. The molecule has 2 aromatic heterocycles. The van der Waals surface area contributed by atoms with Crippen molar-refractivity contribution in [2.24, 2.45) is 0 Å². The number of nitrogens with zero attached hydrogens (tertiary/aromatic N) is 3. The topological polar surface area (TPSA) is 118 Å². The van der Waals surface area contributed by atoms with E-state index in [0.29, 0.717) is 11.6 Å². The summed E-state index contributed by atoms with van der Waals surface area (Å²) < 4.78 is 10.8. The lowest BCUT2D eigenvalue weighted by atomic mass is 9.95. The van der Waals surface area contributed by atoms with E-state index in [-0.39, 0.29) is 0 Å². The van der Waals surface area contributed by atoms with Crippen molar-refractivity contribution in [1.82, 2.24) is 20.1 Å². The van der Waals surface area contributed by atoms with Gasteiger partial charge in [-0.2, -0.15) is 5.10 Å². The molecule has 0 bridgehead atoms. The van der Waals surface area contributed by atoms with E-state index in [4.69, 9.17) is 15.2 Å². The number of aromatic amines is 1. The number of rotatable bonds is 6. The molecule has 0 radical (unpaired) electrons. The number of ether oxygens (including phenoxy) is 2. The van der Waals surface area contributed by atoms with Gasteiger partial charge in [0.1, 0.15) is 11.4 Å². The minimum absolute atomic E-state index is 0.406. The predicted molar refractivity (Wildman–Crippen MR) is 150 cm³/mol. The van der Waals surface area contributed by atoms with Crippen LogP contribution in [0.2, 0.25) is 0 Å². The summed E-state index contributed by atoms with van der Waals surface area (Å²) in [6, 6.07) is 16.5. The van der Waals surface area contributed by atoms with Crippen LogP contribution in [0.3, 0.4) is 0 Å². The molecule has 1 aliphatic rings. The lowest BCUT2D eigenvalue weighted by Crippen LogP contribution is -2.37. The maximum absolute atomic E-state index is 12.3. The molecule has 2 aromatic carbocycles. The maximum Gasteiger partial charge on any atom is 0.413 e. The monoisotopic (exact) mass is 514 g/mol. The summed E-state index contributed by atoms with van der Waals surface area (Å²) in [5.41, 5.74) is 11.7. The molecular formula is C29H34N6O3. The molecular weight excluding hydrogens is 480 g/mol. The number of pyridine rings is 1. The number of carbonyl (C=O) groups is 1. The second-order valence-corrected chi connectivity index (χ2v) is 10.5. The average molecular weight is 515 g/mol. The van der Waals surface area contributed by atoms with Crippen LogP contribution in [-0.4, -0.2) is 64.6 Å². The van der Waals surface area contributed by atoms with Gasteiger partial charge in [-0.3, -0.25) is 15.3 Å². The first-order chi connectivity index (χ1) is 18.2. The van der Waals surface area contributed by atoms with Crippen LogP contribution in [0.25, 0.3) is 33.2 Å². The van der Waals surface area contributed by atoms with Gasteiger partial charge in [-0.1, -0.05) is 24.3 Å². The Bertz CT molecular complexity index is 1420. The molecule has 1 amide bonds. The molecule has 0 aliphatic carbocycles. The lowest BCUT2D eigenvalue weighted by Gasteiger charge is -2.26. The Balaban J connectivity index is 1.41. The van der Waals surface area contributed by atoms with Crippen molar-refractivity contribution in [3.63, 3.8) is 0 Å². The number of nitrogens with one attached hydrogen (secondary N) is 2. The zero-order valence-electron chi connectivity index (χ0n) is 22.1. The lowest BCUT2D eigenvalue weighted by molar-refractivity contribution is 0.0384. The van der Waals surface area contributed by atoms with Gasteiger partial charge >= 0.3 is 6.09 Å². The molecule has 1 aliphatic heterocycles. The molecule has 4 N–H and O–H groups in total. The van der Waals surface area contributed by atoms with Gasteiger partial charge in [-0.05, 0) is 73.7 Å². The van der Waals surface area contributed by atoms with E-state index >= 15 is 0 Å². The molecule has 0 atom stereocenters. The highest BCUT2D eigenvalue weighted by Gasteiger charge is 2.18. The molecule has 1 fully saturated rings. The average Bonchev–Trinajstić information content (AvgIpc) is 3.27. The Hall–Kier alpha value is -3.95. The summed E-state index contributed by atoms with van der Waals surface area (Å²) in [7, 11) is 0. The van der Waals surface area contributed by atoms with Crippen LogP contribution in [0.4, 0.5) is 16.4 Å². The van der Waals surface area contributed by atoms with Gasteiger partial charge in [0.05, 0.1) is 18.7 Å². The third-order valence-corrected chi connectivity index (χ3v) is 6.51. The first-order valence-corrected chi connectivity index (χ1v) is 12.9. The zero-order valence-corrected chi connectivity index (χ0v) is 22.1. The smallest absolute Gasteiger partial charge is 0.413 e. The molecule has 9 nitrogen and oxygen atoms in total. The zero-order chi connectivity index (χ0) is 26.7. The van der Waals surface area contributed by atoms with E-state index in [9.17, 15) is 4.79 Å². The number of hydrogen-bond acceptors (Lipinski definition) is 7. The Morgan fingerprint density at radius 3 is 2.58 bits per heavy atom. The highest BCUT2D eigenvalue weighted by Crippen LogP contribution is 2.35.